The van der Waals surface area contributed by atoms with Gasteiger partial charge in [-0.25, -0.2) is 4.98 Å². The molecule has 1 fully saturated rings. The molecule has 1 aromatic heterocycles. The molecule has 10 unspecified atom stereocenters. The molecule has 17 nitrogen and oxygen atoms in total. The minimum Gasteiger partial charge on any atom is -0.505 e. The van der Waals surface area contributed by atoms with Crippen LogP contribution in [0.15, 0.2) is 87.4 Å². The number of ether oxygens (including phenoxy) is 4. The van der Waals surface area contributed by atoms with Crippen molar-refractivity contribution in [3.63, 3.8) is 0 Å². The molecule has 392 valence electrons. The third-order valence-electron chi connectivity index (χ3n) is 14.8. The predicted molar refractivity (Wildman–Crippen MR) is 280 cm³/mol. The smallest absolute Gasteiger partial charge is 0.314 e. The molecule has 10 atom stereocenters. The highest BCUT2D eigenvalue weighted by Gasteiger charge is 2.51. The Labute approximate surface area is 433 Å². The summed E-state index contributed by atoms with van der Waals surface area (Å²) < 4.78 is 32.0. The highest BCUT2D eigenvalue weighted by molar-refractivity contribution is 6.30. The number of phenolic OH excluding ortho intramolecular Hbond substituents is 1. The number of rotatable bonds is 5. The lowest BCUT2D eigenvalue weighted by Gasteiger charge is -2.39. The topological polar surface area (TPSA) is 236 Å². The number of carbonyl (C=O) groups excluding carboxylic acids is 4. The number of allylic oxidation sites excluding steroid dienone is 2. The summed E-state index contributed by atoms with van der Waals surface area (Å²) in [5.74, 6) is -8.76. The number of ketones is 1. The van der Waals surface area contributed by atoms with Gasteiger partial charge in [0.2, 0.25) is 5.91 Å². The van der Waals surface area contributed by atoms with E-state index in [0.29, 0.717) is 41.2 Å². The molecule has 3 aliphatic heterocycles. The summed E-state index contributed by atoms with van der Waals surface area (Å²) >= 11 is 6.12. The van der Waals surface area contributed by atoms with Crippen molar-refractivity contribution in [1.29, 1.82) is 0 Å². The van der Waals surface area contributed by atoms with E-state index in [1.807, 2.05) is 13.0 Å². The van der Waals surface area contributed by atoms with Gasteiger partial charge in [-0.3, -0.25) is 24.0 Å². The van der Waals surface area contributed by atoms with Gasteiger partial charge in [0.1, 0.15) is 28.6 Å². The number of benzene rings is 4. The van der Waals surface area contributed by atoms with Gasteiger partial charge in [0.25, 0.3) is 11.7 Å². The summed E-state index contributed by atoms with van der Waals surface area (Å²) in [5, 5.41) is 41.6. The van der Waals surface area contributed by atoms with Crippen molar-refractivity contribution < 1.29 is 57.9 Å². The maximum atomic E-state index is 15.5. The first kappa shape index (κ1) is 53.5. The molecule has 0 spiro atoms. The van der Waals surface area contributed by atoms with Crippen molar-refractivity contribution in [3.8, 4) is 11.5 Å². The second-order valence-electron chi connectivity index (χ2n) is 20.1. The zero-order valence-electron chi connectivity index (χ0n) is 43.1. The van der Waals surface area contributed by atoms with E-state index in [-0.39, 0.29) is 73.9 Å². The van der Waals surface area contributed by atoms with E-state index in [1.54, 1.807) is 87.2 Å². The van der Waals surface area contributed by atoms with E-state index in [1.165, 1.54) is 40.9 Å². The number of aromatic nitrogens is 1. The molecule has 2 amide bonds. The molecular weight excluding hydrogens is 972 g/mol. The van der Waals surface area contributed by atoms with Gasteiger partial charge in [0, 0.05) is 91.0 Å². The summed E-state index contributed by atoms with van der Waals surface area (Å²) in [4.78, 5) is 77.8. The summed E-state index contributed by atoms with van der Waals surface area (Å²) in [7, 11) is 1.45. The highest BCUT2D eigenvalue weighted by atomic mass is 35.5. The summed E-state index contributed by atoms with van der Waals surface area (Å²) in [6, 6.07) is 11.9. The third kappa shape index (κ3) is 10.1. The highest BCUT2D eigenvalue weighted by Crippen LogP contribution is 2.49. The van der Waals surface area contributed by atoms with E-state index < -0.39 is 88.6 Å². The number of para-hydroxylation sites is 1. The van der Waals surface area contributed by atoms with Crippen LogP contribution in [0.25, 0.3) is 33.0 Å². The first-order valence-electron chi connectivity index (χ1n) is 24.8. The number of amides is 2. The SMILES string of the molecule is COC1C=C(N2CCCC(C(=O)Nc3ccc(Cl)cc3)C2)OC2(C)Oc3c(C)c(=O)c4c(O)c(c5oc6cccc(C)c6nc5c4c3C2=O)NC(=O)C(C)=CC=CC(C)C(O)C(C)C(O)C(C)C(OC(C)=O)C1C. The lowest BCUT2D eigenvalue weighted by molar-refractivity contribution is -0.160. The number of fused-ring (bicyclic) bond motifs is 2. The number of aromatic hydroxyl groups is 1. The number of hydrogen-bond acceptors (Lipinski definition) is 15. The van der Waals surface area contributed by atoms with Crippen LogP contribution in [0, 0.1) is 43.4 Å². The molecule has 4 heterocycles. The van der Waals surface area contributed by atoms with Crippen LogP contribution >= 0.6 is 11.6 Å². The standard InChI is InChI=1S/C56H63ClN4O13/c1-26-14-12-18-37-43(26)59-44-40-41-48(65)32(7)51-42(40)53(67)56(9,74-51)73-39(61-23-13-17-34(25-61)55(69)58-36-21-19-35(57)20-22-36)24-38(70-10)29(4)50(71-33(8)62)31(6)47(64)30(5)46(63)27(2)15-11-16-28(3)54(68)60-45(49(41)66)52(44)72-37/h11-12,14-16,18-22,24,27,29-31,34,38,46-47,50,63-64,66H,13,17,23,25H2,1-10H3,(H,58,69)(H,60,68). The Morgan fingerprint density at radius 2 is 1.66 bits per heavy atom. The van der Waals surface area contributed by atoms with Crippen LogP contribution in [-0.2, 0) is 28.6 Å². The maximum absolute atomic E-state index is 15.5. The fourth-order valence-electron chi connectivity index (χ4n) is 10.4. The average molecular weight is 1040 g/mol. The molecule has 4 bridgehead atoms. The van der Waals surface area contributed by atoms with E-state index >= 15 is 4.79 Å². The number of aryl methyl sites for hydroxylation is 1. The number of aliphatic hydroxyl groups is 2. The van der Waals surface area contributed by atoms with Gasteiger partial charge in [0.15, 0.2) is 28.2 Å². The van der Waals surface area contributed by atoms with Gasteiger partial charge in [-0.1, -0.05) is 69.7 Å². The Balaban J connectivity index is 1.34. The van der Waals surface area contributed by atoms with Crippen molar-refractivity contribution in [2.75, 3.05) is 30.8 Å². The van der Waals surface area contributed by atoms with Crippen LogP contribution < -0.4 is 20.8 Å². The Bertz CT molecular complexity index is 3220. The minimum atomic E-state index is -2.23. The van der Waals surface area contributed by atoms with Crippen molar-refractivity contribution in [3.05, 3.63) is 110 Å². The molecule has 74 heavy (non-hydrogen) atoms. The molecule has 8 rings (SSSR count). The normalized spacial score (nSPS) is 27.1. The third-order valence-corrected chi connectivity index (χ3v) is 15.1. The summed E-state index contributed by atoms with van der Waals surface area (Å²) in [5.41, 5.74) is 0.735. The average Bonchev–Trinajstić information content (AvgIpc) is 3.64. The van der Waals surface area contributed by atoms with Crippen molar-refractivity contribution in [2.24, 2.45) is 29.6 Å². The molecule has 18 heteroatoms. The number of aliphatic hydroxyl groups excluding tert-OH is 2. The van der Waals surface area contributed by atoms with Crippen LogP contribution in [0.2, 0.25) is 5.02 Å². The molecule has 3 aliphatic rings. The molecule has 5 aromatic rings. The van der Waals surface area contributed by atoms with Gasteiger partial charge >= 0.3 is 11.8 Å². The number of piperidine rings is 1. The Hall–Kier alpha value is -6.79. The van der Waals surface area contributed by atoms with Gasteiger partial charge in [0.05, 0.1) is 35.2 Å². The number of anilines is 2. The monoisotopic (exact) mass is 1030 g/mol. The van der Waals surface area contributed by atoms with Gasteiger partial charge < -0.3 is 54.2 Å². The zero-order chi connectivity index (χ0) is 53.7. The van der Waals surface area contributed by atoms with Crippen LogP contribution in [0.3, 0.4) is 0 Å². The Kier molecular flexibility index (Phi) is 15.3. The number of likely N-dealkylation sites (tertiary alicyclic amines) is 1. The molecular formula is C56H63ClN4O13. The van der Waals surface area contributed by atoms with Gasteiger partial charge in [-0.05, 0) is 69.5 Å². The van der Waals surface area contributed by atoms with Crippen LogP contribution in [-0.4, -0.2) is 99.2 Å². The largest absolute Gasteiger partial charge is 0.505 e. The zero-order valence-corrected chi connectivity index (χ0v) is 43.8. The lowest BCUT2D eigenvalue weighted by atomic mass is 9.78. The van der Waals surface area contributed by atoms with Crippen molar-refractivity contribution in [2.45, 2.75) is 105 Å². The summed E-state index contributed by atoms with van der Waals surface area (Å²) in [6.45, 7) is 14.8. The number of methoxy groups -OCH3 is 1. The van der Waals surface area contributed by atoms with E-state index in [4.69, 9.17) is 39.9 Å². The second-order valence-corrected chi connectivity index (χ2v) is 20.5. The number of esters is 1. The molecule has 0 saturated carbocycles. The van der Waals surface area contributed by atoms with Crippen LogP contribution in [0.4, 0.5) is 11.4 Å². The number of Topliss-reactive ketones (excluding diaryl/α,β-unsaturated/α-hetero) is 1. The quantitative estimate of drug-likeness (QED) is 0.0479. The Morgan fingerprint density at radius 1 is 0.946 bits per heavy atom. The number of carbonyl (C=O) groups is 4. The lowest BCUT2D eigenvalue weighted by Crippen LogP contribution is -2.48. The van der Waals surface area contributed by atoms with Crippen molar-refractivity contribution in [1.82, 2.24) is 9.88 Å². The number of hydrogen-bond donors (Lipinski definition) is 5. The minimum absolute atomic E-state index is 0.0280. The first-order chi connectivity index (χ1) is 35.0. The predicted octanol–water partition coefficient (Wildman–Crippen LogP) is 8.64. The van der Waals surface area contributed by atoms with E-state index in [0.717, 1.165) is 0 Å². The number of halogens is 1. The number of phenols is 1. The first-order valence-corrected chi connectivity index (χ1v) is 25.2. The fraction of sp³-hybridized carbons (Fsp3) is 0.429. The maximum Gasteiger partial charge on any atom is 0.314 e. The van der Waals surface area contributed by atoms with Crippen molar-refractivity contribution >= 4 is 79.5 Å². The molecule has 1 saturated heterocycles. The molecule has 5 N–H and O–H groups in total. The van der Waals surface area contributed by atoms with E-state index in [2.05, 4.69) is 10.6 Å². The van der Waals surface area contributed by atoms with Gasteiger partial charge in [-0.15, -0.1) is 0 Å². The molecule has 0 radical (unpaired) electrons. The second kappa shape index (κ2) is 21.2. The Morgan fingerprint density at radius 3 is 2.35 bits per heavy atom. The van der Waals surface area contributed by atoms with Gasteiger partial charge in [-0.2, -0.15) is 0 Å². The fourth-order valence-corrected chi connectivity index (χ4v) is 10.5. The molecule has 0 aliphatic carbocycles. The number of nitrogens with zero attached hydrogens (tertiary/aromatic N) is 2. The number of nitrogens with one attached hydrogen (secondary N) is 2. The molecule has 4 aromatic carbocycles. The van der Waals surface area contributed by atoms with Crippen LogP contribution in [0.5, 0.6) is 11.5 Å². The summed E-state index contributed by atoms with van der Waals surface area (Å²) in [6.07, 6.45) is 3.08. The van der Waals surface area contributed by atoms with E-state index in [9.17, 15) is 34.5 Å². The van der Waals surface area contributed by atoms with Crippen LogP contribution in [0.1, 0.15) is 82.8 Å².